The Morgan fingerprint density at radius 2 is 2.00 bits per heavy atom. The maximum atomic E-state index is 13.2. The van der Waals surface area contributed by atoms with E-state index in [1.807, 2.05) is 6.92 Å². The van der Waals surface area contributed by atoms with E-state index >= 15 is 0 Å². The smallest absolute Gasteiger partial charge is 0.159 e. The molecule has 21 heavy (non-hydrogen) atoms. The fourth-order valence-electron chi connectivity index (χ4n) is 2.04. The maximum absolute atomic E-state index is 13.2. The minimum absolute atomic E-state index is 0.343. The molecule has 3 rings (SSSR count). The molecule has 1 aromatic carbocycles. The maximum Gasteiger partial charge on any atom is 0.159 e. The number of hydrogen-bond donors (Lipinski definition) is 1. The number of rotatable bonds is 4. The molecule has 1 fully saturated rings. The van der Waals surface area contributed by atoms with E-state index in [2.05, 4.69) is 15.3 Å². The minimum Gasteiger partial charge on any atom is -0.366 e. The molecule has 0 amide bonds. The van der Waals surface area contributed by atoms with Crippen molar-refractivity contribution < 1.29 is 8.78 Å². The summed E-state index contributed by atoms with van der Waals surface area (Å²) < 4.78 is 26.1. The molecule has 1 N–H and O–H groups in total. The highest BCUT2D eigenvalue weighted by Gasteiger charge is 2.28. The van der Waals surface area contributed by atoms with Crippen LogP contribution in [0.5, 0.6) is 0 Å². The molecule has 1 heterocycles. The van der Waals surface area contributed by atoms with Gasteiger partial charge in [-0.1, -0.05) is 17.7 Å². The second-order valence-corrected chi connectivity index (χ2v) is 5.58. The van der Waals surface area contributed by atoms with E-state index in [0.29, 0.717) is 29.0 Å². The van der Waals surface area contributed by atoms with Crippen LogP contribution in [0, 0.1) is 18.6 Å². The Hall–Kier alpha value is -1.75. The monoisotopic (exact) mass is 309 g/mol. The van der Waals surface area contributed by atoms with Gasteiger partial charge in [0.2, 0.25) is 0 Å². The fourth-order valence-corrected chi connectivity index (χ4v) is 2.21. The molecular weight excluding hydrogens is 296 g/mol. The van der Waals surface area contributed by atoms with Crippen LogP contribution in [0.1, 0.15) is 35.7 Å². The highest BCUT2D eigenvalue weighted by molar-refractivity contribution is 6.30. The molecule has 1 aliphatic rings. The van der Waals surface area contributed by atoms with Gasteiger partial charge in [-0.05, 0) is 37.5 Å². The van der Waals surface area contributed by atoms with E-state index in [1.165, 1.54) is 12.1 Å². The van der Waals surface area contributed by atoms with E-state index in [0.717, 1.165) is 30.3 Å². The minimum atomic E-state index is -0.856. The first-order valence-electron chi connectivity index (χ1n) is 6.76. The standard InChI is InChI=1S/C15H14ClF2N3/c1-8-13(16)20-15(10-3-4-10)21-14(8)19-7-9-2-5-11(17)12(18)6-9/h2,5-6,10H,3-4,7H2,1H3,(H,19,20,21). The third-order valence-corrected chi connectivity index (χ3v) is 3.86. The molecular formula is C15H14ClF2N3. The fraction of sp³-hybridized carbons (Fsp3) is 0.333. The Morgan fingerprint density at radius 3 is 2.67 bits per heavy atom. The molecule has 0 unspecified atom stereocenters. The van der Waals surface area contributed by atoms with Gasteiger partial charge in [-0.25, -0.2) is 18.7 Å². The van der Waals surface area contributed by atoms with Crippen molar-refractivity contribution in [3.05, 3.63) is 51.9 Å². The molecule has 0 aliphatic heterocycles. The molecule has 0 radical (unpaired) electrons. The average Bonchev–Trinajstić information content (AvgIpc) is 3.28. The molecule has 0 spiro atoms. The zero-order chi connectivity index (χ0) is 15.0. The highest BCUT2D eigenvalue weighted by atomic mass is 35.5. The van der Waals surface area contributed by atoms with E-state index in [-0.39, 0.29) is 0 Å². The van der Waals surface area contributed by atoms with Crippen molar-refractivity contribution in [2.45, 2.75) is 32.2 Å². The summed E-state index contributed by atoms with van der Waals surface area (Å²) in [6.07, 6.45) is 2.17. The third-order valence-electron chi connectivity index (χ3n) is 3.49. The zero-order valence-electron chi connectivity index (χ0n) is 11.5. The van der Waals surface area contributed by atoms with Crippen LogP contribution in [-0.2, 0) is 6.54 Å². The highest BCUT2D eigenvalue weighted by Crippen LogP contribution is 2.39. The number of halogens is 3. The van der Waals surface area contributed by atoms with E-state index in [1.54, 1.807) is 0 Å². The summed E-state index contributed by atoms with van der Waals surface area (Å²) in [6, 6.07) is 3.81. The quantitative estimate of drug-likeness (QED) is 0.860. The van der Waals surface area contributed by atoms with Gasteiger partial charge in [-0.3, -0.25) is 0 Å². The summed E-state index contributed by atoms with van der Waals surface area (Å²) in [5, 5.41) is 3.55. The van der Waals surface area contributed by atoms with Crippen LogP contribution in [0.15, 0.2) is 18.2 Å². The summed E-state index contributed by atoms with van der Waals surface area (Å²) in [6.45, 7) is 2.17. The second kappa shape index (κ2) is 5.56. The number of hydrogen-bond acceptors (Lipinski definition) is 3. The lowest BCUT2D eigenvalue weighted by atomic mass is 10.2. The van der Waals surface area contributed by atoms with Gasteiger partial charge in [0, 0.05) is 18.0 Å². The molecule has 110 valence electrons. The largest absolute Gasteiger partial charge is 0.366 e. The average molecular weight is 310 g/mol. The first-order chi connectivity index (χ1) is 10.0. The number of nitrogens with zero attached hydrogens (tertiary/aromatic N) is 2. The van der Waals surface area contributed by atoms with Crippen LogP contribution >= 0.6 is 11.6 Å². The van der Waals surface area contributed by atoms with Crippen molar-refractivity contribution in [2.75, 3.05) is 5.32 Å². The van der Waals surface area contributed by atoms with E-state index in [4.69, 9.17) is 11.6 Å². The lowest BCUT2D eigenvalue weighted by Gasteiger charge is -2.11. The first-order valence-corrected chi connectivity index (χ1v) is 7.14. The Morgan fingerprint density at radius 1 is 1.24 bits per heavy atom. The number of benzene rings is 1. The van der Waals surface area contributed by atoms with Crippen LogP contribution in [0.4, 0.5) is 14.6 Å². The van der Waals surface area contributed by atoms with Crippen molar-refractivity contribution in [1.82, 2.24) is 9.97 Å². The van der Waals surface area contributed by atoms with Crippen LogP contribution in [0.25, 0.3) is 0 Å². The number of nitrogens with one attached hydrogen (secondary N) is 1. The SMILES string of the molecule is Cc1c(Cl)nc(C2CC2)nc1NCc1ccc(F)c(F)c1. The molecule has 0 saturated heterocycles. The van der Waals surface area contributed by atoms with Gasteiger partial charge in [0.1, 0.15) is 16.8 Å². The Kier molecular flexibility index (Phi) is 3.76. The van der Waals surface area contributed by atoms with Gasteiger partial charge >= 0.3 is 0 Å². The Balaban J connectivity index is 1.79. The van der Waals surface area contributed by atoms with Crippen LogP contribution in [0.3, 0.4) is 0 Å². The Labute approximate surface area is 126 Å². The molecule has 2 aromatic rings. The van der Waals surface area contributed by atoms with E-state index in [9.17, 15) is 8.78 Å². The first kappa shape index (κ1) is 14.2. The molecule has 6 heteroatoms. The zero-order valence-corrected chi connectivity index (χ0v) is 12.2. The summed E-state index contributed by atoms with van der Waals surface area (Å²) in [5.41, 5.74) is 1.39. The van der Waals surface area contributed by atoms with Gasteiger partial charge in [-0.15, -0.1) is 0 Å². The van der Waals surface area contributed by atoms with Crippen molar-refractivity contribution in [2.24, 2.45) is 0 Å². The van der Waals surface area contributed by atoms with Crippen LogP contribution in [-0.4, -0.2) is 9.97 Å². The van der Waals surface area contributed by atoms with Crippen molar-refractivity contribution in [1.29, 1.82) is 0 Å². The second-order valence-electron chi connectivity index (χ2n) is 5.22. The molecule has 1 saturated carbocycles. The summed E-state index contributed by atoms with van der Waals surface area (Å²) in [4.78, 5) is 8.76. The predicted octanol–water partition coefficient (Wildman–Crippen LogP) is 4.21. The molecule has 1 aromatic heterocycles. The number of aromatic nitrogens is 2. The van der Waals surface area contributed by atoms with Crippen LogP contribution < -0.4 is 5.32 Å². The molecule has 0 atom stereocenters. The van der Waals surface area contributed by atoms with Gasteiger partial charge in [0.15, 0.2) is 11.6 Å². The summed E-state index contributed by atoms with van der Waals surface area (Å²) in [7, 11) is 0. The Bertz CT molecular complexity index is 687. The predicted molar refractivity (Wildman–Crippen MR) is 77.4 cm³/mol. The lowest BCUT2D eigenvalue weighted by molar-refractivity contribution is 0.507. The van der Waals surface area contributed by atoms with Crippen LogP contribution in [0.2, 0.25) is 5.15 Å². The van der Waals surface area contributed by atoms with Gasteiger partial charge in [-0.2, -0.15) is 0 Å². The third kappa shape index (κ3) is 3.13. The van der Waals surface area contributed by atoms with Gasteiger partial charge < -0.3 is 5.32 Å². The van der Waals surface area contributed by atoms with Crippen molar-refractivity contribution in [3.63, 3.8) is 0 Å². The molecule has 3 nitrogen and oxygen atoms in total. The van der Waals surface area contributed by atoms with Gasteiger partial charge in [0.05, 0.1) is 0 Å². The summed E-state index contributed by atoms with van der Waals surface area (Å²) in [5.74, 6) is 0.0772. The van der Waals surface area contributed by atoms with Crippen molar-refractivity contribution >= 4 is 17.4 Å². The number of anilines is 1. The van der Waals surface area contributed by atoms with E-state index < -0.39 is 11.6 Å². The van der Waals surface area contributed by atoms with Crippen molar-refractivity contribution in [3.8, 4) is 0 Å². The normalized spacial score (nSPS) is 14.3. The lowest BCUT2D eigenvalue weighted by Crippen LogP contribution is -2.07. The molecule has 0 bridgehead atoms. The summed E-state index contributed by atoms with van der Waals surface area (Å²) >= 11 is 6.12. The topological polar surface area (TPSA) is 37.8 Å². The van der Waals surface area contributed by atoms with Gasteiger partial charge in [0.25, 0.3) is 0 Å². The molecule has 1 aliphatic carbocycles.